The number of carbonyl (C=O) groups excluding carboxylic acids is 1. The number of aliphatic hydroxyl groups excluding tert-OH is 1. The third-order valence-corrected chi connectivity index (χ3v) is 4.78. The lowest BCUT2D eigenvalue weighted by molar-refractivity contribution is -0.274. The third kappa shape index (κ3) is 6.42. The Labute approximate surface area is 171 Å². The van der Waals surface area contributed by atoms with Gasteiger partial charge in [0.25, 0.3) is 5.91 Å². The Bertz CT molecular complexity index is 826. The van der Waals surface area contributed by atoms with Crippen molar-refractivity contribution < 1.29 is 27.8 Å². The molecule has 1 atom stereocenters. The molecule has 164 valence electrons. The lowest BCUT2D eigenvalue weighted by Gasteiger charge is -2.32. The summed E-state index contributed by atoms with van der Waals surface area (Å²) in [6.07, 6.45) is -0.790. The Balaban J connectivity index is 1.55. The van der Waals surface area contributed by atoms with Gasteiger partial charge in [0.2, 0.25) is 0 Å². The maximum absolute atomic E-state index is 12.3. The van der Waals surface area contributed by atoms with Crippen LogP contribution in [0, 0.1) is 0 Å². The maximum atomic E-state index is 12.3. The molecule has 1 saturated heterocycles. The number of nitrogens with one attached hydrogen (secondary N) is 1. The number of hydrogen-bond donors (Lipinski definition) is 2. The quantitative estimate of drug-likeness (QED) is 0.627. The molecular formula is C19H24F3N5O3. The van der Waals surface area contributed by atoms with Crippen molar-refractivity contribution in [3.05, 3.63) is 41.7 Å². The number of benzene rings is 1. The lowest BCUT2D eigenvalue weighted by atomic mass is 10.0. The highest BCUT2D eigenvalue weighted by Gasteiger charge is 2.31. The Kier molecular flexibility index (Phi) is 7.27. The Morgan fingerprint density at radius 1 is 1.30 bits per heavy atom. The topological polar surface area (TPSA) is 92.5 Å². The van der Waals surface area contributed by atoms with Gasteiger partial charge in [0.05, 0.1) is 12.2 Å². The molecule has 0 radical (unpaired) electrons. The molecule has 11 heteroatoms. The molecule has 1 aromatic carbocycles. The van der Waals surface area contributed by atoms with Crippen molar-refractivity contribution in [2.75, 3.05) is 26.2 Å². The summed E-state index contributed by atoms with van der Waals surface area (Å²) in [5, 5.41) is 19.5. The van der Waals surface area contributed by atoms with Crippen LogP contribution in [0.3, 0.4) is 0 Å². The zero-order chi connectivity index (χ0) is 21.6. The summed E-state index contributed by atoms with van der Waals surface area (Å²) >= 11 is 0. The highest BCUT2D eigenvalue weighted by molar-refractivity contribution is 5.91. The van der Waals surface area contributed by atoms with Crippen molar-refractivity contribution in [3.63, 3.8) is 0 Å². The average Bonchev–Trinajstić information content (AvgIpc) is 3.19. The number of alkyl halides is 3. The first-order valence-corrected chi connectivity index (χ1v) is 9.72. The van der Waals surface area contributed by atoms with E-state index in [4.69, 9.17) is 5.11 Å². The van der Waals surface area contributed by atoms with Crippen LogP contribution < -0.4 is 10.1 Å². The largest absolute Gasteiger partial charge is 0.573 e. The molecule has 1 amide bonds. The summed E-state index contributed by atoms with van der Waals surface area (Å²) in [4.78, 5) is 14.2. The normalized spacial score (nSPS) is 17.7. The first kappa shape index (κ1) is 22.0. The fourth-order valence-electron chi connectivity index (χ4n) is 3.38. The molecule has 2 aromatic rings. The number of aromatic nitrogens is 3. The van der Waals surface area contributed by atoms with E-state index in [1.54, 1.807) is 23.0 Å². The fraction of sp³-hybridized carbons (Fsp3) is 0.526. The van der Waals surface area contributed by atoms with E-state index in [0.717, 1.165) is 24.9 Å². The number of nitrogens with zero attached hydrogens (tertiary/aromatic N) is 4. The van der Waals surface area contributed by atoms with Gasteiger partial charge in [0.1, 0.15) is 5.75 Å². The van der Waals surface area contributed by atoms with E-state index in [1.165, 1.54) is 12.1 Å². The van der Waals surface area contributed by atoms with Gasteiger partial charge in [-0.1, -0.05) is 17.3 Å². The molecule has 2 N–H and O–H groups in total. The molecule has 0 saturated carbocycles. The van der Waals surface area contributed by atoms with Gasteiger partial charge in [-0.25, -0.2) is 4.68 Å². The second-order valence-corrected chi connectivity index (χ2v) is 7.14. The van der Waals surface area contributed by atoms with Crippen molar-refractivity contribution >= 4 is 5.91 Å². The molecule has 1 unspecified atom stereocenters. The average molecular weight is 427 g/mol. The molecule has 1 aliphatic rings. The molecule has 0 bridgehead atoms. The highest BCUT2D eigenvalue weighted by Crippen LogP contribution is 2.25. The number of piperidine rings is 1. The Morgan fingerprint density at radius 3 is 2.77 bits per heavy atom. The van der Waals surface area contributed by atoms with Gasteiger partial charge < -0.3 is 15.2 Å². The second kappa shape index (κ2) is 9.90. The third-order valence-electron chi connectivity index (χ3n) is 4.78. The molecule has 0 spiro atoms. The summed E-state index contributed by atoms with van der Waals surface area (Å²) in [7, 11) is 0. The molecule has 3 rings (SSSR count). The van der Waals surface area contributed by atoms with E-state index < -0.39 is 6.36 Å². The maximum Gasteiger partial charge on any atom is 0.573 e. The van der Waals surface area contributed by atoms with Gasteiger partial charge in [-0.05, 0) is 43.5 Å². The highest BCUT2D eigenvalue weighted by atomic mass is 19.4. The number of amides is 1. The van der Waals surface area contributed by atoms with E-state index >= 15 is 0 Å². The fourth-order valence-corrected chi connectivity index (χ4v) is 3.38. The van der Waals surface area contributed by atoms with E-state index in [2.05, 4.69) is 25.3 Å². The molecule has 0 aliphatic carbocycles. The smallest absolute Gasteiger partial charge is 0.406 e. The van der Waals surface area contributed by atoms with Gasteiger partial charge in [-0.15, -0.1) is 18.3 Å². The van der Waals surface area contributed by atoms with Crippen LogP contribution in [-0.4, -0.2) is 63.5 Å². The van der Waals surface area contributed by atoms with Gasteiger partial charge >= 0.3 is 6.36 Å². The zero-order valence-corrected chi connectivity index (χ0v) is 16.3. The van der Waals surface area contributed by atoms with E-state index in [1.807, 2.05) is 0 Å². The number of aliphatic hydroxyl groups is 1. The van der Waals surface area contributed by atoms with Crippen LogP contribution >= 0.6 is 0 Å². The summed E-state index contributed by atoms with van der Waals surface area (Å²) in [5.74, 6) is -0.571. The van der Waals surface area contributed by atoms with E-state index in [0.29, 0.717) is 26.1 Å². The summed E-state index contributed by atoms with van der Waals surface area (Å²) in [6.45, 7) is 2.51. The molecule has 1 fully saturated rings. The van der Waals surface area contributed by atoms with Crippen molar-refractivity contribution in [1.82, 2.24) is 25.2 Å². The first-order valence-electron chi connectivity index (χ1n) is 9.72. The van der Waals surface area contributed by atoms with Crippen LogP contribution in [0.4, 0.5) is 13.2 Å². The molecule has 30 heavy (non-hydrogen) atoms. The van der Waals surface area contributed by atoms with Gasteiger partial charge in [0, 0.05) is 26.2 Å². The Morgan fingerprint density at radius 2 is 2.07 bits per heavy atom. The number of rotatable bonds is 8. The van der Waals surface area contributed by atoms with E-state index in [-0.39, 0.29) is 30.0 Å². The minimum atomic E-state index is -4.70. The monoisotopic (exact) mass is 427 g/mol. The minimum absolute atomic E-state index is 0.00294. The predicted octanol–water partition coefficient (Wildman–Crippen LogP) is 2.13. The van der Waals surface area contributed by atoms with Crippen molar-refractivity contribution in [2.45, 2.75) is 38.2 Å². The molecule has 1 aliphatic heterocycles. The van der Waals surface area contributed by atoms with E-state index in [9.17, 15) is 18.0 Å². The van der Waals surface area contributed by atoms with Crippen molar-refractivity contribution in [3.8, 4) is 5.75 Å². The number of ether oxygens (including phenoxy) is 1. The number of halogens is 3. The lowest BCUT2D eigenvalue weighted by Crippen LogP contribution is -2.36. The summed E-state index contributed by atoms with van der Waals surface area (Å²) in [5.41, 5.74) is 1.11. The van der Waals surface area contributed by atoms with Gasteiger partial charge in [-0.3, -0.25) is 9.69 Å². The zero-order valence-electron chi connectivity index (χ0n) is 16.3. The van der Waals surface area contributed by atoms with Crippen LogP contribution in [0.15, 0.2) is 30.5 Å². The van der Waals surface area contributed by atoms with Crippen molar-refractivity contribution in [2.24, 2.45) is 0 Å². The predicted molar refractivity (Wildman–Crippen MR) is 101 cm³/mol. The molecule has 2 heterocycles. The van der Waals surface area contributed by atoms with Crippen LogP contribution in [0.25, 0.3) is 0 Å². The number of hydrogen-bond acceptors (Lipinski definition) is 6. The van der Waals surface area contributed by atoms with Crippen LogP contribution in [0.5, 0.6) is 5.75 Å². The van der Waals surface area contributed by atoms with Crippen LogP contribution in [-0.2, 0) is 6.54 Å². The number of carbonyl (C=O) groups is 1. The molecular weight excluding hydrogens is 403 g/mol. The second-order valence-electron chi connectivity index (χ2n) is 7.14. The van der Waals surface area contributed by atoms with Crippen LogP contribution in [0.2, 0.25) is 0 Å². The Hall–Kier alpha value is -2.66. The van der Waals surface area contributed by atoms with Gasteiger partial charge in [0.15, 0.2) is 5.69 Å². The summed E-state index contributed by atoms with van der Waals surface area (Å²) in [6, 6.07) is 5.91. The first-order chi connectivity index (χ1) is 14.3. The molecule has 8 nitrogen and oxygen atoms in total. The summed E-state index contributed by atoms with van der Waals surface area (Å²) < 4.78 is 42.4. The van der Waals surface area contributed by atoms with Crippen molar-refractivity contribution in [1.29, 1.82) is 0 Å². The minimum Gasteiger partial charge on any atom is -0.406 e. The SMILES string of the molecule is O=C(NCCCO)c1cn(C2CCCN(Cc3ccc(OC(F)(F)F)cc3)C2)nn1. The number of likely N-dealkylation sites (tertiary alicyclic amines) is 1. The standard InChI is InChI=1S/C19H24F3N5O3/c20-19(21,22)30-16-6-4-14(5-7-16)11-26-9-1-3-15(12-26)27-13-17(24-25-27)18(29)23-8-2-10-28/h4-7,13,15,28H,1-3,8-12H2,(H,23,29). The van der Waals surface area contributed by atoms with Crippen LogP contribution in [0.1, 0.15) is 41.4 Å². The molecule has 1 aromatic heterocycles. The van der Waals surface area contributed by atoms with Gasteiger partial charge in [-0.2, -0.15) is 0 Å².